The maximum Gasteiger partial charge on any atom is 0.217 e. The molecule has 1 saturated heterocycles. The average Bonchev–Trinajstić information content (AvgIpc) is 2.76. The van der Waals surface area contributed by atoms with Crippen LogP contribution in [0.1, 0.15) is 25.0 Å². The molecule has 0 aromatic heterocycles. The Bertz CT molecular complexity index is 433. The van der Waals surface area contributed by atoms with E-state index >= 15 is 0 Å². The van der Waals surface area contributed by atoms with Gasteiger partial charge in [-0.15, -0.1) is 0 Å². The summed E-state index contributed by atoms with van der Waals surface area (Å²) in [6, 6.07) is 7.49. The number of hydrogen-bond donors (Lipinski definition) is 3. The van der Waals surface area contributed by atoms with Gasteiger partial charge in [0.05, 0.1) is 6.10 Å². The lowest BCUT2D eigenvalue weighted by atomic mass is 10.1. The first-order chi connectivity index (χ1) is 9.04. The van der Waals surface area contributed by atoms with Crippen LogP contribution in [0, 0.1) is 0 Å². The van der Waals surface area contributed by atoms with Crippen molar-refractivity contribution in [1.82, 2.24) is 10.2 Å². The highest BCUT2D eigenvalue weighted by Gasteiger charge is 2.24. The first kappa shape index (κ1) is 13.8. The van der Waals surface area contributed by atoms with Crippen LogP contribution in [0.4, 0.5) is 5.69 Å². The molecule has 2 rings (SSSR count). The lowest BCUT2D eigenvalue weighted by Gasteiger charge is -2.20. The number of carbonyl (C=O) groups excluding carboxylic acids is 1. The fraction of sp³-hybridized carbons (Fsp3) is 0.500. The van der Waals surface area contributed by atoms with Crippen LogP contribution in [-0.2, 0) is 4.79 Å². The Morgan fingerprint density at radius 1 is 1.53 bits per heavy atom. The molecular weight excluding hydrogens is 242 g/mol. The van der Waals surface area contributed by atoms with E-state index in [9.17, 15) is 9.90 Å². The number of nitrogens with two attached hydrogens (primary N) is 1. The molecule has 1 fully saturated rings. The Labute approximate surface area is 113 Å². The maximum absolute atomic E-state index is 11.0. The smallest absolute Gasteiger partial charge is 0.217 e. The van der Waals surface area contributed by atoms with Crippen molar-refractivity contribution < 1.29 is 9.90 Å². The van der Waals surface area contributed by atoms with E-state index in [0.29, 0.717) is 12.2 Å². The number of amides is 1. The monoisotopic (exact) mass is 263 g/mol. The predicted octanol–water partition coefficient (Wildman–Crippen LogP) is 0.513. The van der Waals surface area contributed by atoms with Crippen molar-refractivity contribution >= 4 is 11.6 Å². The largest absolute Gasteiger partial charge is 0.399 e. The van der Waals surface area contributed by atoms with Crippen molar-refractivity contribution in [2.45, 2.75) is 25.5 Å². The number of rotatable bonds is 4. The summed E-state index contributed by atoms with van der Waals surface area (Å²) in [5.41, 5.74) is 7.19. The molecule has 4 N–H and O–H groups in total. The number of nitrogen functional groups attached to an aromatic ring is 1. The number of β-amino-alcohol motifs (C(OH)–C–C–N with tert-alkyl or cyclic N) is 1. The van der Waals surface area contributed by atoms with Gasteiger partial charge in [-0.3, -0.25) is 9.69 Å². The number of benzene rings is 1. The average molecular weight is 263 g/mol. The van der Waals surface area contributed by atoms with E-state index < -0.39 is 6.10 Å². The highest BCUT2D eigenvalue weighted by atomic mass is 16.3. The molecule has 19 heavy (non-hydrogen) atoms. The van der Waals surface area contributed by atoms with Gasteiger partial charge in [0.2, 0.25) is 5.91 Å². The number of aliphatic hydroxyl groups excluding tert-OH is 1. The molecule has 2 atom stereocenters. The summed E-state index contributed by atoms with van der Waals surface area (Å²) < 4.78 is 0. The summed E-state index contributed by atoms with van der Waals surface area (Å²) in [6.45, 7) is 3.81. The van der Waals surface area contributed by atoms with Gasteiger partial charge in [-0.1, -0.05) is 12.1 Å². The van der Waals surface area contributed by atoms with Crippen molar-refractivity contribution in [3.05, 3.63) is 29.8 Å². The molecule has 5 heteroatoms. The Balaban J connectivity index is 1.85. The molecule has 0 radical (unpaired) electrons. The molecule has 1 aromatic rings. The van der Waals surface area contributed by atoms with Crippen molar-refractivity contribution in [2.24, 2.45) is 0 Å². The SMILES string of the molecule is CC(=O)NC1CCN(CC(O)c2ccc(N)cc2)C1. The van der Waals surface area contributed by atoms with E-state index in [1.54, 1.807) is 12.1 Å². The van der Waals surface area contributed by atoms with E-state index in [1.165, 1.54) is 6.92 Å². The molecule has 0 aliphatic carbocycles. The molecule has 0 spiro atoms. The molecule has 2 unspecified atom stereocenters. The second-order valence-corrected chi connectivity index (χ2v) is 5.13. The minimum atomic E-state index is -0.517. The standard InChI is InChI=1S/C14H21N3O2/c1-10(18)16-13-6-7-17(8-13)9-14(19)11-2-4-12(15)5-3-11/h2-5,13-14,19H,6-9,15H2,1H3,(H,16,18). The number of nitrogens with one attached hydrogen (secondary N) is 1. The quantitative estimate of drug-likeness (QED) is 0.692. The Morgan fingerprint density at radius 2 is 2.21 bits per heavy atom. The predicted molar refractivity (Wildman–Crippen MR) is 74.5 cm³/mol. The molecule has 0 saturated carbocycles. The van der Waals surface area contributed by atoms with Crippen molar-refractivity contribution in [3.63, 3.8) is 0 Å². The summed E-state index contributed by atoms with van der Waals surface area (Å²) in [6.07, 6.45) is 0.422. The number of anilines is 1. The van der Waals surface area contributed by atoms with Gasteiger partial charge in [-0.2, -0.15) is 0 Å². The summed E-state index contributed by atoms with van der Waals surface area (Å²) >= 11 is 0. The van der Waals surface area contributed by atoms with Crippen LogP contribution in [0.3, 0.4) is 0 Å². The zero-order valence-corrected chi connectivity index (χ0v) is 11.2. The minimum Gasteiger partial charge on any atom is -0.399 e. The lowest BCUT2D eigenvalue weighted by molar-refractivity contribution is -0.119. The molecule has 1 aromatic carbocycles. The number of carbonyl (C=O) groups is 1. The van der Waals surface area contributed by atoms with E-state index in [-0.39, 0.29) is 11.9 Å². The van der Waals surface area contributed by atoms with Gasteiger partial charge in [0.15, 0.2) is 0 Å². The Kier molecular flexibility index (Phi) is 4.39. The van der Waals surface area contributed by atoms with Crippen molar-refractivity contribution in [1.29, 1.82) is 0 Å². The second kappa shape index (κ2) is 6.04. The number of aliphatic hydroxyl groups is 1. The summed E-state index contributed by atoms with van der Waals surface area (Å²) in [5.74, 6) is 0.00549. The van der Waals surface area contributed by atoms with Gasteiger partial charge in [-0.25, -0.2) is 0 Å². The third-order valence-corrected chi connectivity index (χ3v) is 3.43. The molecule has 1 amide bonds. The first-order valence-electron chi connectivity index (χ1n) is 6.57. The van der Waals surface area contributed by atoms with Crippen LogP contribution in [0.25, 0.3) is 0 Å². The number of hydrogen-bond acceptors (Lipinski definition) is 4. The normalized spacial score (nSPS) is 21.3. The first-order valence-corrected chi connectivity index (χ1v) is 6.57. The zero-order valence-electron chi connectivity index (χ0n) is 11.2. The van der Waals surface area contributed by atoms with Gasteiger partial charge in [0.25, 0.3) is 0 Å². The highest BCUT2D eigenvalue weighted by Crippen LogP contribution is 2.18. The van der Waals surface area contributed by atoms with Gasteiger partial charge in [0, 0.05) is 38.3 Å². The molecule has 1 heterocycles. The minimum absolute atomic E-state index is 0.00549. The number of nitrogens with zero attached hydrogens (tertiary/aromatic N) is 1. The van der Waals surface area contributed by atoms with E-state index in [0.717, 1.165) is 25.1 Å². The van der Waals surface area contributed by atoms with Gasteiger partial charge >= 0.3 is 0 Å². The van der Waals surface area contributed by atoms with Crippen LogP contribution in [0.2, 0.25) is 0 Å². The second-order valence-electron chi connectivity index (χ2n) is 5.13. The third-order valence-electron chi connectivity index (χ3n) is 3.43. The molecular formula is C14H21N3O2. The summed E-state index contributed by atoms with van der Waals surface area (Å²) in [5, 5.41) is 13.1. The molecule has 0 bridgehead atoms. The van der Waals surface area contributed by atoms with Gasteiger partial charge < -0.3 is 16.2 Å². The van der Waals surface area contributed by atoms with Crippen molar-refractivity contribution in [2.75, 3.05) is 25.4 Å². The van der Waals surface area contributed by atoms with Gasteiger partial charge in [0.1, 0.15) is 0 Å². The van der Waals surface area contributed by atoms with E-state index in [1.807, 2.05) is 12.1 Å². The lowest BCUT2D eigenvalue weighted by Crippen LogP contribution is -2.36. The zero-order chi connectivity index (χ0) is 13.8. The highest BCUT2D eigenvalue weighted by molar-refractivity contribution is 5.73. The summed E-state index contributed by atoms with van der Waals surface area (Å²) in [4.78, 5) is 13.2. The molecule has 1 aliphatic heterocycles. The maximum atomic E-state index is 11.0. The topological polar surface area (TPSA) is 78.6 Å². The van der Waals surface area contributed by atoms with Crippen LogP contribution in [0.5, 0.6) is 0 Å². The van der Waals surface area contributed by atoms with Gasteiger partial charge in [-0.05, 0) is 24.1 Å². The van der Waals surface area contributed by atoms with Crippen molar-refractivity contribution in [3.8, 4) is 0 Å². The fourth-order valence-corrected chi connectivity index (χ4v) is 2.47. The fourth-order valence-electron chi connectivity index (χ4n) is 2.47. The van der Waals surface area contributed by atoms with Crippen LogP contribution < -0.4 is 11.1 Å². The van der Waals surface area contributed by atoms with Crippen LogP contribution in [0.15, 0.2) is 24.3 Å². The number of likely N-dealkylation sites (tertiary alicyclic amines) is 1. The van der Waals surface area contributed by atoms with Crippen LogP contribution >= 0.6 is 0 Å². The van der Waals surface area contributed by atoms with E-state index in [2.05, 4.69) is 10.2 Å². The Morgan fingerprint density at radius 3 is 2.84 bits per heavy atom. The summed E-state index contributed by atoms with van der Waals surface area (Å²) in [7, 11) is 0. The molecule has 5 nitrogen and oxygen atoms in total. The molecule has 1 aliphatic rings. The molecule has 104 valence electrons. The third kappa shape index (κ3) is 3.94. The van der Waals surface area contributed by atoms with E-state index in [4.69, 9.17) is 5.73 Å². The Hall–Kier alpha value is -1.59. The van der Waals surface area contributed by atoms with Crippen LogP contribution in [-0.4, -0.2) is 41.6 Å².